The van der Waals surface area contributed by atoms with Crippen molar-refractivity contribution >= 4 is 0 Å². The molecule has 1 unspecified atom stereocenters. The van der Waals surface area contributed by atoms with Crippen molar-refractivity contribution in [2.24, 2.45) is 5.73 Å². The van der Waals surface area contributed by atoms with E-state index in [0.717, 1.165) is 13.0 Å². The molecule has 12 heavy (non-hydrogen) atoms. The van der Waals surface area contributed by atoms with Crippen LogP contribution in [0.25, 0.3) is 0 Å². The lowest BCUT2D eigenvalue weighted by Gasteiger charge is -2.27. The Balaban J connectivity index is 3.60. The fourth-order valence-electron chi connectivity index (χ4n) is 1.29. The average molecular weight is 172 g/mol. The third kappa shape index (κ3) is 4.70. The zero-order valence-corrected chi connectivity index (χ0v) is 8.34. The lowest BCUT2D eigenvalue weighted by molar-refractivity contribution is 0.136. The van der Waals surface area contributed by atoms with Crippen LogP contribution in [0.3, 0.4) is 0 Å². The van der Waals surface area contributed by atoms with Gasteiger partial charge >= 0.3 is 0 Å². The second-order valence-electron chi connectivity index (χ2n) is 2.99. The fourth-order valence-corrected chi connectivity index (χ4v) is 1.29. The highest BCUT2D eigenvalue weighted by Crippen LogP contribution is 2.04. The van der Waals surface area contributed by atoms with Gasteiger partial charge in [-0.3, -0.25) is 0 Å². The molecule has 0 spiro atoms. The quantitative estimate of drug-likeness (QED) is 0.447. The predicted molar refractivity (Wildman–Crippen MR) is 53.2 cm³/mol. The molecule has 0 aliphatic rings. The van der Waals surface area contributed by atoms with Gasteiger partial charge in [0.2, 0.25) is 0 Å². The van der Waals surface area contributed by atoms with Gasteiger partial charge in [0, 0.05) is 12.6 Å². The minimum absolute atomic E-state index is 0.516. The summed E-state index contributed by atoms with van der Waals surface area (Å²) in [6, 6.07) is 0.556. The van der Waals surface area contributed by atoms with Crippen LogP contribution in [0.2, 0.25) is 0 Å². The maximum Gasteiger partial charge on any atom is 0.0567 e. The molecule has 0 heterocycles. The first-order chi connectivity index (χ1) is 5.76. The summed E-state index contributed by atoms with van der Waals surface area (Å²) in [6.45, 7) is 9.68. The molecule has 0 bridgehead atoms. The van der Waals surface area contributed by atoms with E-state index in [-0.39, 0.29) is 0 Å². The summed E-state index contributed by atoms with van der Waals surface area (Å²) in [5.41, 5.74) is 8.54. The van der Waals surface area contributed by atoms with E-state index in [1.165, 1.54) is 12.8 Å². The Morgan fingerprint density at radius 1 is 1.58 bits per heavy atom. The number of nitrogens with zero attached hydrogens (tertiary/aromatic N) is 1. The van der Waals surface area contributed by atoms with Crippen LogP contribution in [-0.2, 0) is 0 Å². The maximum atomic E-state index is 5.41. The standard InChI is InChI=1S/C9H22N3/c1-4-6-7-9(3)12(5-2)11-8-10/h9,11H,1,4-8,10H2,2-3H3. The summed E-state index contributed by atoms with van der Waals surface area (Å²) in [5, 5.41) is 2.18. The molecule has 0 saturated carbocycles. The van der Waals surface area contributed by atoms with Crippen LogP contribution in [0, 0.1) is 6.92 Å². The van der Waals surface area contributed by atoms with E-state index in [1.54, 1.807) is 0 Å². The zero-order valence-electron chi connectivity index (χ0n) is 8.34. The van der Waals surface area contributed by atoms with Crippen molar-refractivity contribution in [2.75, 3.05) is 13.2 Å². The predicted octanol–water partition coefficient (Wildman–Crippen LogP) is 1.12. The second-order valence-corrected chi connectivity index (χ2v) is 2.99. The monoisotopic (exact) mass is 172 g/mol. The van der Waals surface area contributed by atoms with Crippen LogP contribution >= 0.6 is 0 Å². The minimum Gasteiger partial charge on any atom is -0.317 e. The zero-order chi connectivity index (χ0) is 9.40. The molecule has 0 rings (SSSR count). The van der Waals surface area contributed by atoms with E-state index in [2.05, 4.69) is 31.2 Å². The third-order valence-electron chi connectivity index (χ3n) is 2.04. The van der Waals surface area contributed by atoms with Crippen LogP contribution in [0.5, 0.6) is 0 Å². The fraction of sp³-hybridized carbons (Fsp3) is 0.889. The first-order valence-electron chi connectivity index (χ1n) is 4.75. The Bertz CT molecular complexity index is 95.8. The van der Waals surface area contributed by atoms with Gasteiger partial charge in [-0.15, -0.1) is 0 Å². The Kier molecular flexibility index (Phi) is 7.45. The molecule has 0 aliphatic heterocycles. The summed E-state index contributed by atoms with van der Waals surface area (Å²) < 4.78 is 0. The summed E-state index contributed by atoms with van der Waals surface area (Å²) in [6.07, 6.45) is 3.39. The largest absolute Gasteiger partial charge is 0.317 e. The van der Waals surface area contributed by atoms with Gasteiger partial charge in [-0.2, -0.15) is 0 Å². The van der Waals surface area contributed by atoms with Gasteiger partial charge in [0.25, 0.3) is 0 Å². The van der Waals surface area contributed by atoms with Gasteiger partial charge in [0.15, 0.2) is 0 Å². The molecular weight excluding hydrogens is 150 g/mol. The van der Waals surface area contributed by atoms with Gasteiger partial charge in [-0.25, -0.2) is 10.4 Å². The molecule has 3 nitrogen and oxygen atoms in total. The van der Waals surface area contributed by atoms with E-state index >= 15 is 0 Å². The molecule has 0 aromatic heterocycles. The van der Waals surface area contributed by atoms with Crippen molar-refractivity contribution < 1.29 is 0 Å². The molecule has 1 atom stereocenters. The van der Waals surface area contributed by atoms with Gasteiger partial charge in [-0.05, 0) is 13.3 Å². The number of nitrogens with two attached hydrogens (primary N) is 1. The molecular formula is C9H22N3. The van der Waals surface area contributed by atoms with E-state index in [1.807, 2.05) is 0 Å². The third-order valence-corrected chi connectivity index (χ3v) is 2.04. The Morgan fingerprint density at radius 2 is 2.25 bits per heavy atom. The summed E-state index contributed by atoms with van der Waals surface area (Å²) in [7, 11) is 0. The lowest BCUT2D eigenvalue weighted by Crippen LogP contribution is -2.46. The molecule has 3 N–H and O–H groups in total. The van der Waals surface area contributed by atoms with E-state index in [9.17, 15) is 0 Å². The molecule has 73 valence electrons. The van der Waals surface area contributed by atoms with Gasteiger partial charge in [-0.1, -0.05) is 26.7 Å². The Labute approximate surface area is 76.3 Å². The Morgan fingerprint density at radius 3 is 2.67 bits per heavy atom. The van der Waals surface area contributed by atoms with Crippen LogP contribution in [-0.4, -0.2) is 24.3 Å². The van der Waals surface area contributed by atoms with Crippen molar-refractivity contribution in [2.45, 2.75) is 39.2 Å². The van der Waals surface area contributed by atoms with E-state index < -0.39 is 0 Å². The average Bonchev–Trinajstić information content (AvgIpc) is 2.10. The van der Waals surface area contributed by atoms with Gasteiger partial charge in [0.05, 0.1) is 6.67 Å². The summed E-state index contributed by atoms with van der Waals surface area (Å²) >= 11 is 0. The second kappa shape index (κ2) is 7.53. The maximum absolute atomic E-state index is 5.41. The summed E-state index contributed by atoms with van der Waals surface area (Å²) in [5.74, 6) is 0. The first kappa shape index (κ1) is 11.9. The molecule has 3 heteroatoms. The van der Waals surface area contributed by atoms with Crippen molar-refractivity contribution in [1.82, 2.24) is 10.4 Å². The van der Waals surface area contributed by atoms with Gasteiger partial charge < -0.3 is 5.73 Å². The molecule has 0 aliphatic carbocycles. The smallest absolute Gasteiger partial charge is 0.0567 e. The topological polar surface area (TPSA) is 41.3 Å². The molecule has 0 fully saturated rings. The van der Waals surface area contributed by atoms with Crippen molar-refractivity contribution in [3.63, 3.8) is 0 Å². The highest BCUT2D eigenvalue weighted by molar-refractivity contribution is 4.62. The number of hydrogen-bond acceptors (Lipinski definition) is 3. The van der Waals surface area contributed by atoms with Crippen LogP contribution in [0.15, 0.2) is 0 Å². The minimum atomic E-state index is 0.516. The molecule has 0 saturated heterocycles. The molecule has 0 amide bonds. The number of rotatable bonds is 7. The highest BCUT2D eigenvalue weighted by Gasteiger charge is 2.09. The number of nitrogens with one attached hydrogen (secondary N) is 1. The molecule has 0 aromatic carbocycles. The van der Waals surface area contributed by atoms with Gasteiger partial charge in [0.1, 0.15) is 0 Å². The van der Waals surface area contributed by atoms with Crippen molar-refractivity contribution in [3.05, 3.63) is 6.92 Å². The first-order valence-corrected chi connectivity index (χ1v) is 4.75. The van der Waals surface area contributed by atoms with E-state index in [4.69, 9.17) is 5.73 Å². The molecule has 0 aromatic rings. The van der Waals surface area contributed by atoms with Crippen molar-refractivity contribution in [3.8, 4) is 0 Å². The van der Waals surface area contributed by atoms with Crippen LogP contribution in [0.1, 0.15) is 33.1 Å². The highest BCUT2D eigenvalue weighted by atomic mass is 15.5. The van der Waals surface area contributed by atoms with Crippen LogP contribution in [0.4, 0.5) is 0 Å². The molecule has 1 radical (unpaired) electrons. The number of unbranched alkanes of at least 4 members (excludes halogenated alkanes) is 1. The van der Waals surface area contributed by atoms with Crippen molar-refractivity contribution in [1.29, 1.82) is 0 Å². The van der Waals surface area contributed by atoms with Crippen LogP contribution < -0.4 is 11.2 Å². The lowest BCUT2D eigenvalue weighted by atomic mass is 10.1. The normalized spacial score (nSPS) is 13.8. The SMILES string of the molecule is [CH2]CCCC(C)N(CC)NCN. The van der Waals surface area contributed by atoms with E-state index in [0.29, 0.717) is 12.7 Å². The summed E-state index contributed by atoms with van der Waals surface area (Å²) in [4.78, 5) is 0. The number of hydrogen-bond donors (Lipinski definition) is 2. The Hall–Kier alpha value is -0.120. The number of hydrazine groups is 1.